The molecule has 0 spiro atoms. The van der Waals surface area contributed by atoms with E-state index in [0.29, 0.717) is 11.1 Å². The summed E-state index contributed by atoms with van der Waals surface area (Å²) in [6.07, 6.45) is 0. The van der Waals surface area contributed by atoms with Gasteiger partial charge in [-0.25, -0.2) is 4.79 Å². The third-order valence-corrected chi connectivity index (χ3v) is 2.43. The highest BCUT2D eigenvalue weighted by atomic mass is 35.5. The van der Waals surface area contributed by atoms with Gasteiger partial charge in [0.05, 0.1) is 23.5 Å². The van der Waals surface area contributed by atoms with E-state index in [1.807, 2.05) is 0 Å². The number of carbonyl (C=O) groups excluding carboxylic acids is 1. The number of esters is 1. The largest absolute Gasteiger partial charge is 0.465 e. The summed E-state index contributed by atoms with van der Waals surface area (Å²) in [5.41, 5.74) is 0.848. The molecule has 0 heterocycles. The lowest BCUT2D eigenvalue weighted by Gasteiger charge is -2.06. The lowest BCUT2D eigenvalue weighted by molar-refractivity contribution is -0.384. The maximum atomic E-state index is 11.5. The zero-order valence-electron chi connectivity index (χ0n) is 9.82. The number of rotatable bonds is 2. The van der Waals surface area contributed by atoms with E-state index >= 15 is 0 Å². The topological polar surface area (TPSA) is 69.4 Å². The van der Waals surface area contributed by atoms with Crippen molar-refractivity contribution in [2.75, 3.05) is 13.0 Å². The van der Waals surface area contributed by atoms with Crippen molar-refractivity contribution in [1.29, 1.82) is 0 Å². The van der Waals surface area contributed by atoms with Crippen LogP contribution in [0.15, 0.2) is 12.1 Å². The molecule has 1 aromatic rings. The van der Waals surface area contributed by atoms with Crippen LogP contribution in [0.5, 0.6) is 0 Å². The molecule has 0 radical (unpaired) electrons. The highest BCUT2D eigenvalue weighted by molar-refractivity contribution is 6.19. The maximum Gasteiger partial charge on any atom is 0.338 e. The van der Waals surface area contributed by atoms with Gasteiger partial charge in [0.2, 0.25) is 0 Å². The molecule has 6 heteroatoms. The molecule has 0 fully saturated rings. The van der Waals surface area contributed by atoms with Crippen LogP contribution in [0.1, 0.15) is 21.5 Å². The second-order valence-electron chi connectivity index (χ2n) is 3.35. The summed E-state index contributed by atoms with van der Waals surface area (Å²) in [5.74, 6) is 4.75. The number of non-ortho nitro benzene ring substituents is 1. The first-order valence-corrected chi connectivity index (χ1v) is 5.47. The van der Waals surface area contributed by atoms with Gasteiger partial charge >= 0.3 is 5.97 Å². The molecule has 0 N–H and O–H groups in total. The van der Waals surface area contributed by atoms with Crippen molar-refractivity contribution < 1.29 is 14.5 Å². The van der Waals surface area contributed by atoms with Crippen LogP contribution in [0, 0.1) is 28.9 Å². The van der Waals surface area contributed by atoms with Crippen molar-refractivity contribution >= 4 is 23.3 Å². The molecule has 1 aromatic carbocycles. The van der Waals surface area contributed by atoms with Gasteiger partial charge in [0.1, 0.15) is 0 Å². The van der Waals surface area contributed by atoms with E-state index in [1.165, 1.54) is 19.2 Å². The van der Waals surface area contributed by atoms with Crippen LogP contribution in [0.3, 0.4) is 0 Å². The standard InChI is InChI=1S/C12H10ClNO4/c1-8-9(4-3-5-13)6-10(14(16)17)7-11(8)12(15)18-2/h6-7H,5H2,1-2H3. The molecule has 5 nitrogen and oxygen atoms in total. The molecule has 0 saturated carbocycles. The molecule has 0 bridgehead atoms. The highest BCUT2D eigenvalue weighted by Gasteiger charge is 2.18. The SMILES string of the molecule is COC(=O)c1cc([N+](=O)[O-])cc(C#CCCl)c1C. The molecule has 0 unspecified atom stereocenters. The third kappa shape index (κ3) is 2.99. The first kappa shape index (κ1) is 14.0. The number of nitrogens with zero attached hydrogens (tertiary/aromatic N) is 1. The van der Waals surface area contributed by atoms with E-state index < -0.39 is 10.9 Å². The van der Waals surface area contributed by atoms with Crippen molar-refractivity contribution in [3.05, 3.63) is 38.9 Å². The van der Waals surface area contributed by atoms with E-state index in [0.717, 1.165) is 0 Å². The highest BCUT2D eigenvalue weighted by Crippen LogP contribution is 2.22. The molecule has 0 aromatic heterocycles. The zero-order chi connectivity index (χ0) is 13.7. The van der Waals surface area contributed by atoms with E-state index in [9.17, 15) is 14.9 Å². The van der Waals surface area contributed by atoms with E-state index in [4.69, 9.17) is 11.6 Å². The maximum absolute atomic E-state index is 11.5. The lowest BCUT2D eigenvalue weighted by atomic mass is 10.0. The Kier molecular flexibility index (Phi) is 4.69. The Bertz CT molecular complexity index is 557. The Hall–Kier alpha value is -2.06. The van der Waals surface area contributed by atoms with Gasteiger partial charge in [-0.3, -0.25) is 10.1 Å². The fraction of sp³-hybridized carbons (Fsp3) is 0.250. The van der Waals surface area contributed by atoms with Gasteiger partial charge < -0.3 is 4.74 Å². The van der Waals surface area contributed by atoms with Crippen molar-refractivity contribution in [1.82, 2.24) is 0 Å². The van der Waals surface area contributed by atoms with Crippen molar-refractivity contribution in [2.24, 2.45) is 0 Å². The summed E-state index contributed by atoms with van der Waals surface area (Å²) in [6.45, 7) is 1.65. The van der Waals surface area contributed by atoms with Crippen molar-refractivity contribution in [2.45, 2.75) is 6.92 Å². The number of carbonyl (C=O) groups is 1. The minimum atomic E-state index is -0.634. The minimum absolute atomic E-state index is 0.107. The molecule has 94 valence electrons. The predicted octanol–water partition coefficient (Wildman–Crippen LogP) is 2.28. The van der Waals surface area contributed by atoms with Gasteiger partial charge in [-0.2, -0.15) is 0 Å². The zero-order valence-corrected chi connectivity index (χ0v) is 10.6. The van der Waals surface area contributed by atoms with E-state index in [1.54, 1.807) is 6.92 Å². The average Bonchev–Trinajstić information content (AvgIpc) is 2.36. The Morgan fingerprint density at radius 3 is 2.72 bits per heavy atom. The minimum Gasteiger partial charge on any atom is -0.465 e. The Balaban J connectivity index is 3.47. The average molecular weight is 268 g/mol. The Morgan fingerprint density at radius 1 is 1.56 bits per heavy atom. The van der Waals surface area contributed by atoms with Gasteiger partial charge in [-0.05, 0) is 12.5 Å². The smallest absolute Gasteiger partial charge is 0.338 e. The van der Waals surface area contributed by atoms with Crippen molar-refractivity contribution in [3.63, 3.8) is 0 Å². The van der Waals surface area contributed by atoms with Gasteiger partial charge in [-0.1, -0.05) is 11.8 Å². The number of alkyl halides is 1. The number of hydrogen-bond donors (Lipinski definition) is 0. The van der Waals surface area contributed by atoms with Crippen molar-refractivity contribution in [3.8, 4) is 11.8 Å². The monoisotopic (exact) mass is 267 g/mol. The van der Waals surface area contributed by atoms with E-state index in [-0.39, 0.29) is 17.1 Å². The fourth-order valence-electron chi connectivity index (χ4n) is 1.38. The molecule has 0 saturated heterocycles. The van der Waals surface area contributed by atoms with Crippen LogP contribution < -0.4 is 0 Å². The summed E-state index contributed by atoms with van der Waals surface area (Å²) < 4.78 is 4.58. The molecule has 0 aliphatic rings. The number of methoxy groups -OCH3 is 1. The van der Waals surface area contributed by atoms with Gasteiger partial charge in [0.25, 0.3) is 5.69 Å². The second kappa shape index (κ2) is 6.03. The number of benzene rings is 1. The Morgan fingerprint density at radius 2 is 2.22 bits per heavy atom. The molecular formula is C12H10ClNO4. The van der Waals surface area contributed by atoms with Gasteiger partial charge in [-0.15, -0.1) is 11.6 Å². The van der Waals surface area contributed by atoms with Crippen LogP contribution in [-0.2, 0) is 4.74 Å². The van der Waals surface area contributed by atoms with Gasteiger partial charge in [0, 0.05) is 17.7 Å². The normalized spacial score (nSPS) is 9.28. The summed E-state index contributed by atoms with van der Waals surface area (Å²) in [5, 5.41) is 10.8. The quantitative estimate of drug-likeness (QED) is 0.271. The second-order valence-corrected chi connectivity index (χ2v) is 3.62. The number of hydrogen-bond acceptors (Lipinski definition) is 4. The Labute approximate surface area is 109 Å². The van der Waals surface area contributed by atoms with Crippen LogP contribution in [-0.4, -0.2) is 23.9 Å². The van der Waals surface area contributed by atoms with Crippen LogP contribution >= 0.6 is 11.6 Å². The molecule has 0 amide bonds. The number of nitro groups is 1. The summed E-state index contributed by atoms with van der Waals surface area (Å²) >= 11 is 5.44. The number of halogens is 1. The van der Waals surface area contributed by atoms with Crippen LogP contribution in [0.25, 0.3) is 0 Å². The lowest BCUT2D eigenvalue weighted by Crippen LogP contribution is -2.06. The van der Waals surface area contributed by atoms with E-state index in [2.05, 4.69) is 16.6 Å². The van der Waals surface area contributed by atoms with Crippen LogP contribution in [0.4, 0.5) is 5.69 Å². The molecule has 0 aliphatic carbocycles. The fourth-order valence-corrected chi connectivity index (χ4v) is 1.45. The molecule has 1 rings (SSSR count). The van der Waals surface area contributed by atoms with Gasteiger partial charge in [0.15, 0.2) is 0 Å². The first-order valence-electron chi connectivity index (χ1n) is 4.93. The third-order valence-electron chi connectivity index (χ3n) is 2.30. The summed E-state index contributed by atoms with van der Waals surface area (Å²) in [7, 11) is 1.21. The molecule has 0 aliphatic heterocycles. The summed E-state index contributed by atoms with van der Waals surface area (Å²) in [4.78, 5) is 21.7. The predicted molar refractivity (Wildman–Crippen MR) is 66.8 cm³/mol. The molecule has 18 heavy (non-hydrogen) atoms. The number of ether oxygens (including phenoxy) is 1. The molecule has 0 atom stereocenters. The number of nitro benzene ring substituents is 1. The van der Waals surface area contributed by atoms with Crippen LogP contribution in [0.2, 0.25) is 0 Å². The first-order chi connectivity index (χ1) is 8.51. The summed E-state index contributed by atoms with van der Waals surface area (Å²) in [6, 6.07) is 2.48. The molecular weight excluding hydrogens is 258 g/mol.